The second kappa shape index (κ2) is 4.82. The van der Waals surface area contributed by atoms with Crippen LogP contribution < -0.4 is 14.8 Å². The Hall–Kier alpha value is -1.38. The van der Waals surface area contributed by atoms with Crippen LogP contribution in [0.5, 0.6) is 11.5 Å². The Morgan fingerprint density at radius 2 is 1.90 bits per heavy atom. The van der Waals surface area contributed by atoms with Crippen molar-refractivity contribution >= 4 is 5.69 Å². The SMILES string of the molecule is COc1ccc(OC)c(NC2C(C)(C)[C@H]3CC[C@]2(C)C3)c1. The molecule has 2 saturated carbocycles. The lowest BCUT2D eigenvalue weighted by atomic mass is 9.68. The maximum atomic E-state index is 5.52. The van der Waals surface area contributed by atoms with Gasteiger partial charge in [-0.2, -0.15) is 0 Å². The lowest BCUT2D eigenvalue weighted by Crippen LogP contribution is -2.45. The number of fused-ring (bicyclic) bond motifs is 2. The molecule has 21 heavy (non-hydrogen) atoms. The summed E-state index contributed by atoms with van der Waals surface area (Å²) in [6, 6.07) is 6.44. The number of hydrogen-bond acceptors (Lipinski definition) is 3. The lowest BCUT2D eigenvalue weighted by molar-refractivity contribution is 0.155. The number of hydrogen-bond donors (Lipinski definition) is 1. The molecule has 2 aliphatic rings. The summed E-state index contributed by atoms with van der Waals surface area (Å²) in [5.41, 5.74) is 1.76. The molecule has 116 valence electrons. The van der Waals surface area contributed by atoms with Crippen LogP contribution >= 0.6 is 0 Å². The second-order valence-corrected chi connectivity index (χ2v) is 7.56. The topological polar surface area (TPSA) is 30.5 Å². The summed E-state index contributed by atoms with van der Waals surface area (Å²) in [5.74, 6) is 2.58. The fourth-order valence-corrected chi connectivity index (χ4v) is 4.74. The Kier molecular flexibility index (Phi) is 3.34. The number of benzene rings is 1. The van der Waals surface area contributed by atoms with Crippen LogP contribution in [0.3, 0.4) is 0 Å². The molecule has 1 unspecified atom stereocenters. The maximum absolute atomic E-state index is 5.52. The molecule has 3 heteroatoms. The minimum Gasteiger partial charge on any atom is -0.497 e. The Labute approximate surface area is 128 Å². The van der Waals surface area contributed by atoms with Crippen LogP contribution in [0.25, 0.3) is 0 Å². The normalized spacial score (nSPS) is 33.0. The molecule has 3 nitrogen and oxygen atoms in total. The highest BCUT2D eigenvalue weighted by molar-refractivity contribution is 5.61. The molecule has 0 amide bonds. The molecular weight excluding hydrogens is 262 g/mol. The predicted octanol–water partition coefficient (Wildman–Crippen LogP) is 4.33. The van der Waals surface area contributed by atoms with Gasteiger partial charge in [-0.05, 0) is 48.1 Å². The van der Waals surface area contributed by atoms with E-state index in [9.17, 15) is 0 Å². The van der Waals surface area contributed by atoms with Crippen LogP contribution in [0.2, 0.25) is 0 Å². The third-order valence-electron chi connectivity index (χ3n) is 5.98. The molecule has 3 atom stereocenters. The molecule has 0 aliphatic heterocycles. The van der Waals surface area contributed by atoms with Crippen molar-refractivity contribution in [2.24, 2.45) is 16.7 Å². The highest BCUT2D eigenvalue weighted by Gasteiger charge is 2.59. The van der Waals surface area contributed by atoms with Gasteiger partial charge in [-0.1, -0.05) is 20.8 Å². The number of nitrogens with one attached hydrogen (secondary N) is 1. The van der Waals surface area contributed by atoms with Gasteiger partial charge in [0.05, 0.1) is 19.9 Å². The van der Waals surface area contributed by atoms with Gasteiger partial charge in [-0.25, -0.2) is 0 Å². The molecule has 2 fully saturated rings. The first-order valence-corrected chi connectivity index (χ1v) is 7.89. The standard InChI is InChI=1S/C18H27NO2/c1-17(2)12-8-9-18(3,11-12)16(17)19-14-10-13(20-4)6-7-15(14)21-5/h6-7,10,12,16,19H,8-9,11H2,1-5H3/t12-,16?,18+/m0/s1. The van der Waals surface area contributed by atoms with E-state index in [4.69, 9.17) is 9.47 Å². The minimum absolute atomic E-state index is 0.321. The average Bonchev–Trinajstić information content (AvgIpc) is 2.94. The van der Waals surface area contributed by atoms with Crippen molar-refractivity contribution in [2.45, 2.75) is 46.1 Å². The predicted molar refractivity (Wildman–Crippen MR) is 86.2 cm³/mol. The summed E-state index contributed by atoms with van der Waals surface area (Å²) >= 11 is 0. The van der Waals surface area contributed by atoms with Gasteiger partial charge >= 0.3 is 0 Å². The van der Waals surface area contributed by atoms with Gasteiger partial charge in [0.1, 0.15) is 11.5 Å². The van der Waals surface area contributed by atoms with E-state index in [-0.39, 0.29) is 0 Å². The van der Waals surface area contributed by atoms with E-state index in [1.54, 1.807) is 14.2 Å². The van der Waals surface area contributed by atoms with Crippen molar-refractivity contribution in [1.29, 1.82) is 0 Å². The number of ether oxygens (including phenoxy) is 2. The number of rotatable bonds is 4. The fraction of sp³-hybridized carbons (Fsp3) is 0.667. The Bertz CT molecular complexity index is 535. The van der Waals surface area contributed by atoms with E-state index in [1.165, 1.54) is 19.3 Å². The van der Waals surface area contributed by atoms with Crippen LogP contribution in [0.4, 0.5) is 5.69 Å². The first-order chi connectivity index (χ1) is 9.90. The number of anilines is 1. The van der Waals surface area contributed by atoms with Crippen molar-refractivity contribution in [1.82, 2.24) is 0 Å². The summed E-state index contributed by atoms with van der Waals surface area (Å²) in [4.78, 5) is 0. The summed E-state index contributed by atoms with van der Waals surface area (Å²) in [6.45, 7) is 7.25. The minimum atomic E-state index is 0.321. The molecule has 2 bridgehead atoms. The Morgan fingerprint density at radius 1 is 1.14 bits per heavy atom. The van der Waals surface area contributed by atoms with E-state index >= 15 is 0 Å². The first-order valence-electron chi connectivity index (χ1n) is 7.89. The molecule has 0 aromatic heterocycles. The van der Waals surface area contributed by atoms with Crippen LogP contribution in [-0.4, -0.2) is 20.3 Å². The molecule has 3 rings (SSSR count). The van der Waals surface area contributed by atoms with Gasteiger partial charge < -0.3 is 14.8 Å². The van der Waals surface area contributed by atoms with Crippen LogP contribution in [0.15, 0.2) is 18.2 Å². The van der Waals surface area contributed by atoms with E-state index in [2.05, 4.69) is 26.1 Å². The third-order valence-corrected chi connectivity index (χ3v) is 5.98. The van der Waals surface area contributed by atoms with Gasteiger partial charge in [0.15, 0.2) is 0 Å². The first kappa shape index (κ1) is 14.6. The fourth-order valence-electron chi connectivity index (χ4n) is 4.74. The molecule has 1 aromatic rings. The molecule has 0 saturated heterocycles. The zero-order valence-corrected chi connectivity index (χ0v) is 13.8. The molecule has 1 N–H and O–H groups in total. The molecule has 2 aliphatic carbocycles. The summed E-state index contributed by atoms with van der Waals surface area (Å²) < 4.78 is 10.9. The number of methoxy groups -OCH3 is 2. The lowest BCUT2D eigenvalue weighted by Gasteiger charge is -2.43. The van der Waals surface area contributed by atoms with Crippen LogP contribution in [0.1, 0.15) is 40.0 Å². The van der Waals surface area contributed by atoms with Crippen molar-refractivity contribution in [3.8, 4) is 11.5 Å². The van der Waals surface area contributed by atoms with Gasteiger partial charge in [0, 0.05) is 12.1 Å². The second-order valence-electron chi connectivity index (χ2n) is 7.56. The van der Waals surface area contributed by atoms with E-state index in [1.807, 2.05) is 18.2 Å². The summed E-state index contributed by atoms with van der Waals surface area (Å²) in [5, 5.41) is 3.79. The van der Waals surface area contributed by atoms with Crippen LogP contribution in [0, 0.1) is 16.7 Å². The quantitative estimate of drug-likeness (QED) is 0.895. The molecule has 0 spiro atoms. The smallest absolute Gasteiger partial charge is 0.142 e. The molecule has 1 aromatic carbocycles. The summed E-state index contributed by atoms with van der Waals surface area (Å²) in [7, 11) is 3.43. The van der Waals surface area contributed by atoms with Crippen molar-refractivity contribution < 1.29 is 9.47 Å². The Balaban J connectivity index is 1.93. The van der Waals surface area contributed by atoms with Gasteiger partial charge in [0.2, 0.25) is 0 Å². The molecule has 0 heterocycles. The van der Waals surface area contributed by atoms with Gasteiger partial charge in [-0.3, -0.25) is 0 Å². The maximum Gasteiger partial charge on any atom is 0.142 e. The van der Waals surface area contributed by atoms with E-state index in [0.717, 1.165) is 23.1 Å². The third kappa shape index (κ3) is 2.18. The van der Waals surface area contributed by atoms with Crippen molar-refractivity contribution in [2.75, 3.05) is 19.5 Å². The molecular formula is C18H27NO2. The Morgan fingerprint density at radius 3 is 2.48 bits per heavy atom. The summed E-state index contributed by atoms with van der Waals surface area (Å²) in [6.07, 6.45) is 4.03. The van der Waals surface area contributed by atoms with E-state index < -0.39 is 0 Å². The highest BCUT2D eigenvalue weighted by atomic mass is 16.5. The van der Waals surface area contributed by atoms with Gasteiger partial charge in [-0.15, -0.1) is 0 Å². The average molecular weight is 289 g/mol. The van der Waals surface area contributed by atoms with Crippen molar-refractivity contribution in [3.63, 3.8) is 0 Å². The van der Waals surface area contributed by atoms with Crippen LogP contribution in [-0.2, 0) is 0 Å². The van der Waals surface area contributed by atoms with Gasteiger partial charge in [0.25, 0.3) is 0 Å². The zero-order chi connectivity index (χ0) is 15.3. The highest BCUT2D eigenvalue weighted by Crippen LogP contribution is 2.63. The zero-order valence-electron chi connectivity index (χ0n) is 13.8. The van der Waals surface area contributed by atoms with E-state index in [0.29, 0.717) is 16.9 Å². The monoisotopic (exact) mass is 289 g/mol. The molecule has 0 radical (unpaired) electrons. The van der Waals surface area contributed by atoms with Crippen molar-refractivity contribution in [3.05, 3.63) is 18.2 Å². The largest absolute Gasteiger partial charge is 0.497 e.